The fraction of sp³-hybridized carbons (Fsp3) is 0.800. The molecule has 2 atom stereocenters. The molecular weight excluding hydrogens is 318 g/mol. The van der Waals surface area contributed by atoms with Crippen LogP contribution in [0.3, 0.4) is 0 Å². The van der Waals surface area contributed by atoms with Crippen molar-refractivity contribution in [3.8, 4) is 0 Å². The number of aliphatic hydroxyl groups excluding tert-OH is 2. The summed E-state index contributed by atoms with van der Waals surface area (Å²) in [6.07, 6.45) is 6.01. The summed E-state index contributed by atoms with van der Waals surface area (Å²) in [5.74, 6) is -3.32. The summed E-state index contributed by atoms with van der Waals surface area (Å²) in [5.41, 5.74) is 10.4. The van der Waals surface area contributed by atoms with Crippen molar-refractivity contribution >= 4 is 17.9 Å². The third-order valence-electron chi connectivity index (χ3n) is 3.11. The van der Waals surface area contributed by atoms with Crippen LogP contribution in [0.25, 0.3) is 0 Å². The standard InChI is InChI=1S/C11H25N3.C4H6O6/c1-2-3-4-5-6-7-8-9-10-14-11(12)13;5-1(3(7)8)2(6)4(9)10/h2-10H2,1H3,(H4,12,13,14);1-2,5-6H,(H,7,8)(H,9,10). The molecule has 0 aromatic heterocycles. The van der Waals surface area contributed by atoms with Gasteiger partial charge in [-0.2, -0.15) is 0 Å². The molecule has 0 aliphatic carbocycles. The lowest BCUT2D eigenvalue weighted by Crippen LogP contribution is -2.39. The summed E-state index contributed by atoms with van der Waals surface area (Å²) in [4.78, 5) is 23.5. The molecule has 9 heteroatoms. The second-order valence-corrected chi connectivity index (χ2v) is 5.35. The minimum absolute atomic E-state index is 0.216. The normalized spacial score (nSPS) is 12.5. The molecule has 0 spiro atoms. The SMILES string of the molecule is CCCCCCCCCCN=C(N)N.O=C(O)C(O)C(O)C(=O)O. The van der Waals surface area contributed by atoms with Crippen LogP contribution in [0, 0.1) is 0 Å². The van der Waals surface area contributed by atoms with Gasteiger partial charge in [0.15, 0.2) is 18.2 Å². The highest BCUT2D eigenvalue weighted by Gasteiger charge is 2.29. The van der Waals surface area contributed by atoms with Gasteiger partial charge in [0, 0.05) is 6.54 Å². The Labute approximate surface area is 142 Å². The Morgan fingerprint density at radius 1 is 0.833 bits per heavy atom. The van der Waals surface area contributed by atoms with Crippen molar-refractivity contribution < 1.29 is 30.0 Å². The molecule has 0 aliphatic heterocycles. The second-order valence-electron chi connectivity index (χ2n) is 5.35. The van der Waals surface area contributed by atoms with E-state index in [9.17, 15) is 9.59 Å². The Kier molecular flexibility index (Phi) is 16.3. The average molecular weight is 349 g/mol. The van der Waals surface area contributed by atoms with Gasteiger partial charge in [0.1, 0.15) is 0 Å². The van der Waals surface area contributed by atoms with Gasteiger partial charge in [0.2, 0.25) is 0 Å². The Morgan fingerprint density at radius 2 is 1.21 bits per heavy atom. The molecule has 9 nitrogen and oxygen atoms in total. The van der Waals surface area contributed by atoms with Crippen molar-refractivity contribution in [3.05, 3.63) is 0 Å². The maximum Gasteiger partial charge on any atom is 0.335 e. The number of carbonyl (C=O) groups is 2. The number of carboxylic acid groups (broad SMARTS) is 2. The van der Waals surface area contributed by atoms with Gasteiger partial charge in [0.25, 0.3) is 0 Å². The van der Waals surface area contributed by atoms with Gasteiger partial charge in [-0.3, -0.25) is 4.99 Å². The molecule has 2 unspecified atom stereocenters. The van der Waals surface area contributed by atoms with E-state index in [1.807, 2.05) is 0 Å². The van der Waals surface area contributed by atoms with Crippen molar-refractivity contribution in [3.63, 3.8) is 0 Å². The third-order valence-corrected chi connectivity index (χ3v) is 3.11. The van der Waals surface area contributed by atoms with Gasteiger partial charge in [-0.1, -0.05) is 51.9 Å². The summed E-state index contributed by atoms with van der Waals surface area (Å²) in [6.45, 7) is 3.03. The molecule has 0 aromatic rings. The minimum Gasteiger partial charge on any atom is -0.479 e. The van der Waals surface area contributed by atoms with Crippen molar-refractivity contribution in [1.29, 1.82) is 0 Å². The molecule has 0 rings (SSSR count). The van der Waals surface area contributed by atoms with Crippen molar-refractivity contribution in [2.75, 3.05) is 6.54 Å². The lowest BCUT2D eigenvalue weighted by Gasteiger charge is -2.07. The number of hydrogen-bond donors (Lipinski definition) is 6. The van der Waals surface area contributed by atoms with E-state index in [2.05, 4.69) is 11.9 Å². The van der Waals surface area contributed by atoms with Gasteiger partial charge in [0.05, 0.1) is 0 Å². The number of nitrogens with zero attached hydrogens (tertiary/aromatic N) is 1. The third kappa shape index (κ3) is 16.5. The van der Waals surface area contributed by atoms with Crippen LogP contribution in [-0.2, 0) is 9.59 Å². The predicted molar refractivity (Wildman–Crippen MR) is 90.6 cm³/mol. The maximum atomic E-state index is 9.77. The first kappa shape index (κ1) is 24.4. The molecule has 0 bridgehead atoms. The molecule has 24 heavy (non-hydrogen) atoms. The van der Waals surface area contributed by atoms with Gasteiger partial charge in [-0.05, 0) is 6.42 Å². The summed E-state index contributed by atoms with van der Waals surface area (Å²) >= 11 is 0. The minimum atomic E-state index is -2.27. The quantitative estimate of drug-likeness (QED) is 0.165. The largest absolute Gasteiger partial charge is 0.479 e. The Hall–Kier alpha value is -1.87. The highest BCUT2D eigenvalue weighted by Crippen LogP contribution is 2.08. The zero-order valence-corrected chi connectivity index (χ0v) is 14.2. The van der Waals surface area contributed by atoms with Crippen LogP contribution in [0.1, 0.15) is 58.3 Å². The molecular formula is C15H31N3O6. The number of carboxylic acids is 2. The predicted octanol–water partition coefficient (Wildman–Crippen LogP) is 0.278. The van der Waals surface area contributed by atoms with E-state index in [0.717, 1.165) is 13.0 Å². The van der Waals surface area contributed by atoms with Crippen LogP contribution in [0.4, 0.5) is 0 Å². The Balaban J connectivity index is 0. The lowest BCUT2D eigenvalue weighted by molar-refractivity contribution is -0.165. The number of guanidine groups is 1. The first-order valence-corrected chi connectivity index (χ1v) is 8.11. The zero-order chi connectivity index (χ0) is 19.0. The summed E-state index contributed by atoms with van der Waals surface area (Å²) in [6, 6.07) is 0. The fourth-order valence-corrected chi connectivity index (χ4v) is 1.72. The highest BCUT2D eigenvalue weighted by atomic mass is 16.4. The van der Waals surface area contributed by atoms with E-state index >= 15 is 0 Å². The lowest BCUT2D eigenvalue weighted by atomic mass is 10.1. The Morgan fingerprint density at radius 3 is 1.54 bits per heavy atom. The first-order chi connectivity index (χ1) is 11.2. The molecule has 0 heterocycles. The number of aliphatic imine (C=N–C) groups is 1. The van der Waals surface area contributed by atoms with Crippen LogP contribution < -0.4 is 11.5 Å². The van der Waals surface area contributed by atoms with Crippen LogP contribution in [0.2, 0.25) is 0 Å². The Bertz CT molecular complexity index is 354. The molecule has 0 saturated heterocycles. The number of aliphatic hydroxyl groups is 2. The van der Waals surface area contributed by atoms with Crippen LogP contribution in [-0.4, -0.2) is 57.1 Å². The van der Waals surface area contributed by atoms with E-state index in [0.29, 0.717) is 0 Å². The van der Waals surface area contributed by atoms with Gasteiger partial charge in [-0.15, -0.1) is 0 Å². The first-order valence-electron chi connectivity index (χ1n) is 8.11. The van der Waals surface area contributed by atoms with Gasteiger partial charge >= 0.3 is 11.9 Å². The summed E-state index contributed by atoms with van der Waals surface area (Å²) < 4.78 is 0. The molecule has 0 amide bonds. The molecule has 0 radical (unpaired) electrons. The smallest absolute Gasteiger partial charge is 0.335 e. The summed E-state index contributed by atoms with van der Waals surface area (Å²) in [5, 5.41) is 32.5. The average Bonchev–Trinajstić information content (AvgIpc) is 2.52. The monoisotopic (exact) mass is 349 g/mol. The van der Waals surface area contributed by atoms with Crippen molar-refractivity contribution in [2.45, 2.75) is 70.5 Å². The van der Waals surface area contributed by atoms with Crippen molar-refractivity contribution in [1.82, 2.24) is 0 Å². The second kappa shape index (κ2) is 16.0. The molecule has 0 aliphatic rings. The van der Waals surface area contributed by atoms with Crippen LogP contribution >= 0.6 is 0 Å². The van der Waals surface area contributed by atoms with E-state index in [4.69, 9.17) is 31.9 Å². The van der Waals surface area contributed by atoms with Crippen LogP contribution in [0.5, 0.6) is 0 Å². The van der Waals surface area contributed by atoms with E-state index in [-0.39, 0.29) is 5.96 Å². The van der Waals surface area contributed by atoms with Gasteiger partial charge in [-0.25, -0.2) is 9.59 Å². The molecule has 8 N–H and O–H groups in total. The molecule has 0 aromatic carbocycles. The number of aliphatic carboxylic acids is 2. The fourth-order valence-electron chi connectivity index (χ4n) is 1.72. The number of hydrogen-bond acceptors (Lipinski definition) is 5. The van der Waals surface area contributed by atoms with E-state index in [1.54, 1.807) is 0 Å². The molecule has 0 saturated carbocycles. The van der Waals surface area contributed by atoms with E-state index < -0.39 is 24.1 Å². The topological polar surface area (TPSA) is 179 Å². The number of unbranched alkanes of at least 4 members (excludes halogenated alkanes) is 7. The van der Waals surface area contributed by atoms with E-state index in [1.165, 1.54) is 44.9 Å². The highest BCUT2D eigenvalue weighted by molar-refractivity contribution is 5.83. The number of rotatable bonds is 12. The summed E-state index contributed by atoms with van der Waals surface area (Å²) in [7, 11) is 0. The van der Waals surface area contributed by atoms with Crippen molar-refractivity contribution in [2.24, 2.45) is 16.5 Å². The zero-order valence-electron chi connectivity index (χ0n) is 14.2. The molecule has 0 fully saturated rings. The van der Waals surface area contributed by atoms with Gasteiger partial charge < -0.3 is 31.9 Å². The maximum absolute atomic E-state index is 9.77. The van der Waals surface area contributed by atoms with Crippen LogP contribution in [0.15, 0.2) is 4.99 Å². The number of nitrogens with two attached hydrogens (primary N) is 2. The molecule has 142 valence electrons.